The summed E-state index contributed by atoms with van der Waals surface area (Å²) in [6.45, 7) is 5.25. The fourth-order valence-electron chi connectivity index (χ4n) is 4.28. The third-order valence-electron chi connectivity index (χ3n) is 5.41. The number of aliphatic hydroxyl groups is 1. The Hall–Kier alpha value is -2.72. The fraction of sp³-hybridized carbons (Fsp3) is 0.412. The fourth-order valence-corrected chi connectivity index (χ4v) is 5.54. The van der Waals surface area contributed by atoms with E-state index in [9.17, 15) is 24.6 Å². The lowest BCUT2D eigenvalue weighted by atomic mass is 9.77. The first-order chi connectivity index (χ1) is 12.8. The number of aromatic nitrogens is 2. The summed E-state index contributed by atoms with van der Waals surface area (Å²) in [7, 11) is 0. The van der Waals surface area contributed by atoms with Crippen LogP contribution in [0.15, 0.2) is 11.9 Å². The standard InChI is InChI=1S/C17H18N4O5S/c1-6-10(13(16(25)26)21-12(6)11(8(3)23)15(21)24)14-7(2)20-9(27-14)4-18-17(20)19-5-22/h4-6,8,11-12,23H,1-3H3,(H,25,26)(H,18,19,22)/t6-,8+,11+,12+/m0/s1. The number of hydrogen-bond acceptors (Lipinski definition) is 6. The summed E-state index contributed by atoms with van der Waals surface area (Å²) in [4.78, 5) is 42.2. The van der Waals surface area contributed by atoms with Gasteiger partial charge in [-0.25, -0.2) is 9.78 Å². The highest BCUT2D eigenvalue weighted by Gasteiger charge is 2.60. The number of nitrogens with one attached hydrogen (secondary N) is 1. The number of carbonyl (C=O) groups excluding carboxylic acids is 2. The molecule has 0 unspecified atom stereocenters. The van der Waals surface area contributed by atoms with E-state index in [-0.39, 0.29) is 23.6 Å². The van der Waals surface area contributed by atoms with E-state index in [1.54, 1.807) is 17.5 Å². The molecule has 3 N–H and O–H groups in total. The van der Waals surface area contributed by atoms with Crippen molar-refractivity contribution in [3.63, 3.8) is 0 Å². The van der Waals surface area contributed by atoms with E-state index < -0.39 is 18.0 Å². The molecular weight excluding hydrogens is 372 g/mol. The molecule has 2 aliphatic rings. The van der Waals surface area contributed by atoms with Crippen LogP contribution in [0.4, 0.5) is 5.95 Å². The van der Waals surface area contributed by atoms with Crippen molar-refractivity contribution >= 4 is 46.0 Å². The normalized spacial score (nSPS) is 25.6. The van der Waals surface area contributed by atoms with Gasteiger partial charge in [-0.3, -0.25) is 19.3 Å². The lowest BCUT2D eigenvalue weighted by molar-refractivity contribution is -0.163. The molecule has 2 aromatic rings. The first kappa shape index (κ1) is 17.7. The Bertz CT molecular complexity index is 1020. The van der Waals surface area contributed by atoms with Crippen LogP contribution in [0, 0.1) is 18.8 Å². The second kappa shape index (κ2) is 5.89. The maximum absolute atomic E-state index is 12.5. The predicted molar refractivity (Wildman–Crippen MR) is 97.0 cm³/mol. The molecule has 2 aliphatic heterocycles. The van der Waals surface area contributed by atoms with Crippen LogP contribution < -0.4 is 5.32 Å². The number of hydrogen-bond donors (Lipinski definition) is 3. The Morgan fingerprint density at radius 1 is 1.48 bits per heavy atom. The van der Waals surface area contributed by atoms with Gasteiger partial charge in [-0.15, -0.1) is 11.3 Å². The first-order valence-corrected chi connectivity index (χ1v) is 9.27. The molecule has 4 rings (SSSR count). The summed E-state index contributed by atoms with van der Waals surface area (Å²) >= 11 is 1.36. The van der Waals surface area contributed by atoms with Crippen molar-refractivity contribution < 1.29 is 24.6 Å². The van der Waals surface area contributed by atoms with Gasteiger partial charge in [0.25, 0.3) is 0 Å². The summed E-state index contributed by atoms with van der Waals surface area (Å²) < 4.78 is 1.75. The lowest BCUT2D eigenvalue weighted by Gasteiger charge is -2.46. The summed E-state index contributed by atoms with van der Waals surface area (Å²) in [5, 5.41) is 22.3. The van der Waals surface area contributed by atoms with E-state index in [1.165, 1.54) is 16.2 Å². The number of amides is 2. The number of β-lactam (4-membered cyclic amide) rings is 1. The molecule has 142 valence electrons. The van der Waals surface area contributed by atoms with Gasteiger partial charge in [0.1, 0.15) is 10.5 Å². The van der Waals surface area contributed by atoms with Crippen LogP contribution in [0.25, 0.3) is 10.4 Å². The SMILES string of the molecule is Cc1c(C2=C(C(=O)O)N3C(=O)[C@H]([C@@H](C)O)[C@H]3[C@H]2C)sc2cnc(NC=O)n12. The molecule has 9 nitrogen and oxygen atoms in total. The Balaban J connectivity index is 1.89. The van der Waals surface area contributed by atoms with E-state index in [0.717, 1.165) is 15.4 Å². The van der Waals surface area contributed by atoms with Crippen LogP contribution in [0.5, 0.6) is 0 Å². The zero-order valence-corrected chi connectivity index (χ0v) is 15.6. The highest BCUT2D eigenvalue weighted by atomic mass is 32.1. The van der Waals surface area contributed by atoms with Crippen molar-refractivity contribution in [1.82, 2.24) is 14.3 Å². The van der Waals surface area contributed by atoms with E-state index in [1.807, 2.05) is 13.8 Å². The number of anilines is 1. The Morgan fingerprint density at radius 3 is 2.78 bits per heavy atom. The smallest absolute Gasteiger partial charge is 0.352 e. The number of aryl methyl sites for hydroxylation is 1. The van der Waals surface area contributed by atoms with E-state index >= 15 is 0 Å². The topological polar surface area (TPSA) is 124 Å². The van der Waals surface area contributed by atoms with E-state index in [2.05, 4.69) is 10.3 Å². The zero-order chi connectivity index (χ0) is 19.6. The number of aliphatic carboxylic acids is 1. The number of fused-ring (bicyclic) bond motifs is 2. The average Bonchev–Trinajstić information content (AvgIpc) is 3.19. The highest BCUT2D eigenvalue weighted by molar-refractivity contribution is 7.18. The van der Waals surface area contributed by atoms with Gasteiger partial charge < -0.3 is 15.1 Å². The minimum Gasteiger partial charge on any atom is -0.477 e. The van der Waals surface area contributed by atoms with Gasteiger partial charge in [0.05, 0.1) is 29.1 Å². The maximum atomic E-state index is 12.5. The molecule has 27 heavy (non-hydrogen) atoms. The summed E-state index contributed by atoms with van der Waals surface area (Å²) in [6.07, 6.45) is 1.29. The average molecular weight is 390 g/mol. The number of carbonyl (C=O) groups is 3. The lowest BCUT2D eigenvalue weighted by Crippen LogP contribution is -2.63. The van der Waals surface area contributed by atoms with Crippen LogP contribution >= 0.6 is 11.3 Å². The van der Waals surface area contributed by atoms with Crippen LogP contribution in [-0.4, -0.2) is 54.9 Å². The second-order valence-electron chi connectivity index (χ2n) is 6.86. The molecular formula is C17H18N4O5S. The minimum absolute atomic E-state index is 0.0279. The van der Waals surface area contributed by atoms with Gasteiger partial charge in [0, 0.05) is 17.2 Å². The number of nitrogens with zero attached hydrogens (tertiary/aromatic N) is 3. The van der Waals surface area contributed by atoms with Crippen molar-refractivity contribution in [3.8, 4) is 0 Å². The minimum atomic E-state index is -1.17. The zero-order valence-electron chi connectivity index (χ0n) is 14.8. The molecule has 10 heteroatoms. The third kappa shape index (κ3) is 2.20. The van der Waals surface area contributed by atoms with E-state index in [4.69, 9.17) is 0 Å². The molecule has 2 aromatic heterocycles. The van der Waals surface area contributed by atoms with Gasteiger partial charge >= 0.3 is 5.97 Å². The molecule has 2 amide bonds. The van der Waals surface area contributed by atoms with Gasteiger partial charge in [-0.1, -0.05) is 6.92 Å². The molecule has 1 fully saturated rings. The second-order valence-corrected chi connectivity index (χ2v) is 7.89. The Labute approximate surface area is 157 Å². The number of thiazole rings is 1. The number of carboxylic acids is 1. The van der Waals surface area contributed by atoms with Gasteiger partial charge in [0.15, 0.2) is 0 Å². The first-order valence-electron chi connectivity index (χ1n) is 8.45. The maximum Gasteiger partial charge on any atom is 0.352 e. The molecule has 0 radical (unpaired) electrons. The van der Waals surface area contributed by atoms with Crippen LogP contribution in [0.3, 0.4) is 0 Å². The summed E-state index contributed by atoms with van der Waals surface area (Å²) in [6, 6.07) is -0.370. The molecule has 1 saturated heterocycles. The monoisotopic (exact) mass is 390 g/mol. The van der Waals surface area contributed by atoms with Crippen LogP contribution in [0.2, 0.25) is 0 Å². The van der Waals surface area contributed by atoms with E-state index in [0.29, 0.717) is 17.9 Å². The summed E-state index contributed by atoms with van der Waals surface area (Å²) in [5.74, 6) is -2.03. The van der Waals surface area contributed by atoms with Crippen LogP contribution in [0.1, 0.15) is 24.4 Å². The quantitative estimate of drug-likeness (QED) is 0.515. The van der Waals surface area contributed by atoms with Gasteiger partial charge in [-0.2, -0.15) is 0 Å². The van der Waals surface area contributed by atoms with Crippen molar-refractivity contribution in [3.05, 3.63) is 22.5 Å². The number of imidazole rings is 1. The van der Waals surface area contributed by atoms with Crippen molar-refractivity contribution in [1.29, 1.82) is 0 Å². The molecule has 0 aliphatic carbocycles. The van der Waals surface area contributed by atoms with Crippen molar-refractivity contribution in [2.75, 3.05) is 5.32 Å². The highest BCUT2D eigenvalue weighted by Crippen LogP contribution is 2.52. The third-order valence-corrected chi connectivity index (χ3v) is 6.62. The van der Waals surface area contributed by atoms with Gasteiger partial charge in [0.2, 0.25) is 18.3 Å². The largest absolute Gasteiger partial charge is 0.477 e. The number of aliphatic hydroxyl groups excluding tert-OH is 1. The molecule has 4 atom stereocenters. The van der Waals surface area contributed by atoms with Crippen molar-refractivity contribution in [2.45, 2.75) is 32.9 Å². The number of carboxylic acid groups (broad SMARTS) is 1. The molecule has 0 saturated carbocycles. The Kier molecular flexibility index (Phi) is 3.86. The van der Waals surface area contributed by atoms with Gasteiger partial charge in [-0.05, 0) is 13.8 Å². The number of rotatable bonds is 5. The Morgan fingerprint density at radius 2 is 2.19 bits per heavy atom. The molecule has 4 heterocycles. The molecule has 0 spiro atoms. The predicted octanol–water partition coefficient (Wildman–Crippen LogP) is 0.926. The molecule has 0 aromatic carbocycles. The summed E-state index contributed by atoms with van der Waals surface area (Å²) in [5.41, 5.74) is 1.29. The molecule has 0 bridgehead atoms. The van der Waals surface area contributed by atoms with Crippen LogP contribution in [-0.2, 0) is 14.4 Å². The van der Waals surface area contributed by atoms with Crippen molar-refractivity contribution in [2.24, 2.45) is 11.8 Å².